The predicted octanol–water partition coefficient (Wildman–Crippen LogP) is 4.06. The average Bonchev–Trinajstić information content (AvgIpc) is 3.20. The third kappa shape index (κ3) is 21.2. The van der Waals surface area contributed by atoms with Gasteiger partial charge in [0, 0.05) is 13.0 Å². The van der Waals surface area contributed by atoms with Crippen LogP contribution >= 0.6 is 0 Å². The standard InChI is InChI=1S/C43H74O14/c1-3-5-6-7-8-9-10-11-12-13-14-15-16-17-18-19-20-21-22-23-24-25-27-52-29-32(55-35(45)26-4-2)30-53-42-41(51)39(49)37(47)34(57-42)31-54-43-40(50)38(48)36(46)33(28-44)56-43/h5-6,8-9,11-12,14-15,32-34,36-44,46-51H,3-4,7,10,13,16-31H2,1-2H3/b6-5-,9-8-,12-11-,15-14-. The van der Waals surface area contributed by atoms with E-state index in [4.69, 9.17) is 28.4 Å². The topological polar surface area (TPSA) is 214 Å². The number of rotatable bonds is 31. The van der Waals surface area contributed by atoms with Crippen molar-refractivity contribution in [3.63, 3.8) is 0 Å². The minimum Gasteiger partial charge on any atom is -0.457 e. The summed E-state index contributed by atoms with van der Waals surface area (Å²) in [5, 5.41) is 71.2. The lowest BCUT2D eigenvalue weighted by atomic mass is 9.98. The monoisotopic (exact) mass is 815 g/mol. The molecule has 330 valence electrons. The van der Waals surface area contributed by atoms with Crippen LogP contribution in [0.2, 0.25) is 0 Å². The number of hydrogen-bond acceptors (Lipinski definition) is 14. The van der Waals surface area contributed by atoms with Crippen LogP contribution in [0.25, 0.3) is 0 Å². The first kappa shape index (κ1) is 51.1. The lowest BCUT2D eigenvalue weighted by Crippen LogP contribution is -2.61. The highest BCUT2D eigenvalue weighted by Gasteiger charge is 2.47. The van der Waals surface area contributed by atoms with E-state index in [-0.39, 0.29) is 19.6 Å². The number of ether oxygens (including phenoxy) is 6. The van der Waals surface area contributed by atoms with Crippen LogP contribution in [-0.4, -0.2) is 142 Å². The Morgan fingerprint density at radius 1 is 0.596 bits per heavy atom. The molecule has 0 amide bonds. The molecule has 0 bridgehead atoms. The molecule has 2 saturated heterocycles. The molecule has 0 radical (unpaired) electrons. The molecule has 14 nitrogen and oxygen atoms in total. The van der Waals surface area contributed by atoms with Gasteiger partial charge in [-0.05, 0) is 51.4 Å². The van der Waals surface area contributed by atoms with Crippen LogP contribution in [0.5, 0.6) is 0 Å². The Bertz CT molecular complexity index is 1130. The summed E-state index contributed by atoms with van der Waals surface area (Å²) in [6, 6.07) is 0. The Morgan fingerprint density at radius 3 is 1.68 bits per heavy atom. The molecule has 0 aromatic carbocycles. The minimum absolute atomic E-state index is 0.0496. The molecule has 2 aliphatic rings. The molecule has 0 spiro atoms. The fourth-order valence-corrected chi connectivity index (χ4v) is 6.37. The van der Waals surface area contributed by atoms with Gasteiger partial charge in [-0.25, -0.2) is 0 Å². The van der Waals surface area contributed by atoms with Crippen molar-refractivity contribution in [1.82, 2.24) is 0 Å². The van der Waals surface area contributed by atoms with Crippen molar-refractivity contribution in [1.29, 1.82) is 0 Å². The number of allylic oxidation sites excluding steroid dienone is 8. The zero-order valence-electron chi connectivity index (χ0n) is 34.3. The largest absolute Gasteiger partial charge is 0.457 e. The summed E-state index contributed by atoms with van der Waals surface area (Å²) in [5.41, 5.74) is 0. The molecule has 2 aliphatic heterocycles. The second-order valence-corrected chi connectivity index (χ2v) is 14.8. The maximum Gasteiger partial charge on any atom is 0.306 e. The summed E-state index contributed by atoms with van der Waals surface area (Å²) >= 11 is 0. The molecule has 2 heterocycles. The Balaban J connectivity index is 1.61. The first-order valence-electron chi connectivity index (χ1n) is 21.2. The quantitative estimate of drug-likeness (QED) is 0.0299. The first-order chi connectivity index (χ1) is 27.6. The maximum atomic E-state index is 12.3. The van der Waals surface area contributed by atoms with Gasteiger partial charge in [0.1, 0.15) is 54.9 Å². The van der Waals surface area contributed by atoms with Gasteiger partial charge in [-0.1, -0.05) is 107 Å². The van der Waals surface area contributed by atoms with Crippen LogP contribution in [0.15, 0.2) is 48.6 Å². The van der Waals surface area contributed by atoms with Crippen LogP contribution < -0.4 is 0 Å². The van der Waals surface area contributed by atoms with Gasteiger partial charge in [0.2, 0.25) is 0 Å². The number of esters is 1. The summed E-state index contributed by atoms with van der Waals surface area (Å²) in [6.07, 6.45) is 18.0. The zero-order valence-corrected chi connectivity index (χ0v) is 34.3. The fourth-order valence-electron chi connectivity index (χ4n) is 6.37. The Hall–Kier alpha value is -2.05. The highest BCUT2D eigenvalue weighted by atomic mass is 16.7. The Labute approximate surface area is 340 Å². The molecule has 11 unspecified atom stereocenters. The van der Waals surface area contributed by atoms with Crippen LogP contribution in [0.4, 0.5) is 0 Å². The third-order valence-corrected chi connectivity index (χ3v) is 9.82. The van der Waals surface area contributed by atoms with Crippen molar-refractivity contribution in [3.05, 3.63) is 48.6 Å². The molecular formula is C43H74O14. The summed E-state index contributed by atoms with van der Waals surface area (Å²) in [6.45, 7) is 3.15. The highest BCUT2D eigenvalue weighted by Crippen LogP contribution is 2.26. The van der Waals surface area contributed by atoms with Crippen LogP contribution in [0, 0.1) is 0 Å². The number of carbonyl (C=O) groups excluding carboxylic acids is 1. The molecule has 2 fully saturated rings. The predicted molar refractivity (Wildman–Crippen MR) is 215 cm³/mol. The minimum atomic E-state index is -1.70. The van der Waals surface area contributed by atoms with E-state index >= 15 is 0 Å². The lowest BCUT2D eigenvalue weighted by molar-refractivity contribution is -0.332. The smallest absolute Gasteiger partial charge is 0.306 e. The van der Waals surface area contributed by atoms with Gasteiger partial charge >= 0.3 is 5.97 Å². The van der Waals surface area contributed by atoms with Gasteiger partial charge < -0.3 is 64.2 Å². The molecule has 2 rings (SSSR count). The fraction of sp³-hybridized carbons (Fsp3) is 0.791. The number of carbonyl (C=O) groups is 1. The van der Waals surface area contributed by atoms with E-state index in [0.29, 0.717) is 13.0 Å². The van der Waals surface area contributed by atoms with Crippen molar-refractivity contribution >= 4 is 5.97 Å². The number of unbranched alkanes of at least 4 members (excludes halogenated alkanes) is 9. The molecule has 14 heteroatoms. The van der Waals surface area contributed by atoms with E-state index in [1.165, 1.54) is 38.5 Å². The zero-order chi connectivity index (χ0) is 41.7. The van der Waals surface area contributed by atoms with Crippen LogP contribution in [-0.2, 0) is 33.2 Å². The molecule has 57 heavy (non-hydrogen) atoms. The van der Waals surface area contributed by atoms with Gasteiger partial charge in [0.25, 0.3) is 0 Å². The summed E-state index contributed by atoms with van der Waals surface area (Å²) in [5.74, 6) is -0.434. The summed E-state index contributed by atoms with van der Waals surface area (Å²) in [4.78, 5) is 12.3. The summed E-state index contributed by atoms with van der Waals surface area (Å²) < 4.78 is 33.5. The molecule has 0 aliphatic carbocycles. The third-order valence-electron chi connectivity index (χ3n) is 9.82. The lowest BCUT2D eigenvalue weighted by Gasteiger charge is -2.42. The van der Waals surface area contributed by atoms with Crippen molar-refractivity contribution in [2.45, 2.75) is 184 Å². The Morgan fingerprint density at radius 2 is 1.11 bits per heavy atom. The van der Waals surface area contributed by atoms with E-state index in [1.54, 1.807) is 0 Å². The van der Waals surface area contributed by atoms with Crippen molar-refractivity contribution in [2.75, 3.05) is 33.0 Å². The highest BCUT2D eigenvalue weighted by molar-refractivity contribution is 5.69. The van der Waals surface area contributed by atoms with E-state index < -0.39 is 86.7 Å². The molecular weight excluding hydrogens is 740 g/mol. The first-order valence-corrected chi connectivity index (χ1v) is 21.2. The van der Waals surface area contributed by atoms with Crippen LogP contribution in [0.1, 0.15) is 117 Å². The molecule has 11 atom stereocenters. The van der Waals surface area contributed by atoms with Gasteiger partial charge in [-0.15, -0.1) is 0 Å². The van der Waals surface area contributed by atoms with Gasteiger partial charge in [0.05, 0.1) is 26.4 Å². The van der Waals surface area contributed by atoms with E-state index in [2.05, 4.69) is 55.5 Å². The van der Waals surface area contributed by atoms with E-state index in [1.807, 2.05) is 6.92 Å². The molecule has 0 aromatic heterocycles. The number of aliphatic hydroxyl groups excluding tert-OH is 7. The second kappa shape index (κ2) is 31.8. The number of hydrogen-bond donors (Lipinski definition) is 7. The number of aliphatic hydroxyl groups is 7. The van der Waals surface area contributed by atoms with Gasteiger partial charge in [0.15, 0.2) is 12.6 Å². The maximum absolute atomic E-state index is 12.3. The Kier molecular flexibility index (Phi) is 28.5. The van der Waals surface area contributed by atoms with Crippen molar-refractivity contribution in [2.24, 2.45) is 0 Å². The molecule has 7 N–H and O–H groups in total. The van der Waals surface area contributed by atoms with Gasteiger partial charge in [-0.2, -0.15) is 0 Å². The van der Waals surface area contributed by atoms with Crippen molar-refractivity contribution < 1.29 is 69.0 Å². The SMILES string of the molecule is CC/C=C\C/C=C\C/C=C\C/C=C\CCCCCCCCCCCOCC(COC1OC(COC2OC(CO)C(O)C(O)C2O)C(O)C(O)C1O)OC(=O)CCC. The molecule has 0 aromatic rings. The molecule has 0 saturated carbocycles. The van der Waals surface area contributed by atoms with Crippen LogP contribution in [0.3, 0.4) is 0 Å². The van der Waals surface area contributed by atoms with Crippen molar-refractivity contribution in [3.8, 4) is 0 Å². The normalized spacial score (nSPS) is 29.0. The van der Waals surface area contributed by atoms with E-state index in [9.17, 15) is 40.5 Å². The second-order valence-electron chi connectivity index (χ2n) is 14.8. The van der Waals surface area contributed by atoms with Gasteiger partial charge in [-0.3, -0.25) is 4.79 Å². The van der Waals surface area contributed by atoms with E-state index in [0.717, 1.165) is 51.4 Å². The average molecular weight is 815 g/mol. The summed E-state index contributed by atoms with van der Waals surface area (Å²) in [7, 11) is 0.